The lowest BCUT2D eigenvalue weighted by Crippen LogP contribution is -1.97. The van der Waals surface area contributed by atoms with Crippen molar-refractivity contribution < 1.29 is 0 Å². The molecule has 0 fully saturated rings. The van der Waals surface area contributed by atoms with E-state index in [2.05, 4.69) is 27.0 Å². The molecule has 0 rings (SSSR count). The SMILES string of the molecule is C=CC(CC)C(=C)CCCC. The smallest absolute Gasteiger partial charge is 0.00313 e. The molecule has 0 aromatic rings. The van der Waals surface area contributed by atoms with Crippen molar-refractivity contribution in [1.82, 2.24) is 0 Å². The molecule has 0 saturated heterocycles. The van der Waals surface area contributed by atoms with Gasteiger partial charge in [0.2, 0.25) is 0 Å². The molecular weight excluding hydrogens is 132 g/mol. The topological polar surface area (TPSA) is 0 Å². The first-order valence-corrected chi connectivity index (χ1v) is 4.56. The van der Waals surface area contributed by atoms with Gasteiger partial charge in [0, 0.05) is 0 Å². The summed E-state index contributed by atoms with van der Waals surface area (Å²) in [6.45, 7) is 12.3. The Labute approximate surface area is 71.0 Å². The largest absolute Gasteiger partial charge is 0.102 e. The molecule has 0 aliphatic heterocycles. The average Bonchev–Trinajstić information content (AvgIpc) is 2.03. The maximum absolute atomic E-state index is 4.06. The van der Waals surface area contributed by atoms with Gasteiger partial charge in [-0.2, -0.15) is 0 Å². The number of allylic oxidation sites excluding steroid dienone is 2. The van der Waals surface area contributed by atoms with Crippen LogP contribution >= 0.6 is 0 Å². The number of unbranched alkanes of at least 4 members (excludes halogenated alkanes) is 1. The van der Waals surface area contributed by atoms with Crippen molar-refractivity contribution in [2.24, 2.45) is 5.92 Å². The van der Waals surface area contributed by atoms with Gasteiger partial charge in [-0.25, -0.2) is 0 Å². The molecule has 0 heterocycles. The average molecular weight is 152 g/mol. The molecule has 1 unspecified atom stereocenters. The molecule has 0 saturated carbocycles. The highest BCUT2D eigenvalue weighted by Gasteiger charge is 2.04. The fourth-order valence-electron chi connectivity index (χ4n) is 1.21. The molecule has 0 spiro atoms. The normalized spacial score (nSPS) is 12.5. The molecule has 0 nitrogen and oxygen atoms in total. The fraction of sp³-hybridized carbons (Fsp3) is 0.636. The van der Waals surface area contributed by atoms with E-state index in [-0.39, 0.29) is 0 Å². The fourth-order valence-corrected chi connectivity index (χ4v) is 1.21. The molecule has 1 atom stereocenters. The minimum atomic E-state index is 0.543. The molecule has 0 bridgehead atoms. The summed E-state index contributed by atoms with van der Waals surface area (Å²) in [6.07, 6.45) is 6.85. The van der Waals surface area contributed by atoms with Gasteiger partial charge in [-0.3, -0.25) is 0 Å². The van der Waals surface area contributed by atoms with E-state index in [9.17, 15) is 0 Å². The van der Waals surface area contributed by atoms with E-state index in [1.807, 2.05) is 6.08 Å². The Morgan fingerprint density at radius 2 is 2.09 bits per heavy atom. The van der Waals surface area contributed by atoms with Crippen molar-refractivity contribution >= 4 is 0 Å². The minimum absolute atomic E-state index is 0.543. The van der Waals surface area contributed by atoms with Crippen LogP contribution in [0.4, 0.5) is 0 Å². The Morgan fingerprint density at radius 3 is 2.45 bits per heavy atom. The van der Waals surface area contributed by atoms with Crippen molar-refractivity contribution in [2.75, 3.05) is 0 Å². The van der Waals surface area contributed by atoms with Crippen molar-refractivity contribution in [3.05, 3.63) is 24.8 Å². The predicted octanol–water partition coefficient (Wildman–Crippen LogP) is 3.95. The summed E-state index contributed by atoms with van der Waals surface area (Å²) in [4.78, 5) is 0. The third-order valence-corrected chi connectivity index (χ3v) is 2.10. The van der Waals surface area contributed by atoms with Crippen molar-refractivity contribution in [3.8, 4) is 0 Å². The second kappa shape index (κ2) is 6.21. The molecule has 11 heavy (non-hydrogen) atoms. The summed E-state index contributed by atoms with van der Waals surface area (Å²) >= 11 is 0. The minimum Gasteiger partial charge on any atom is -0.102 e. The molecule has 0 amide bonds. The number of hydrogen-bond acceptors (Lipinski definition) is 0. The highest BCUT2D eigenvalue weighted by Crippen LogP contribution is 2.19. The van der Waals surface area contributed by atoms with Crippen LogP contribution in [0.2, 0.25) is 0 Å². The van der Waals surface area contributed by atoms with Gasteiger partial charge < -0.3 is 0 Å². The summed E-state index contributed by atoms with van der Waals surface area (Å²) in [5.41, 5.74) is 1.35. The Kier molecular flexibility index (Phi) is 5.91. The first-order chi connectivity index (χ1) is 5.26. The van der Waals surface area contributed by atoms with E-state index in [1.165, 1.54) is 24.8 Å². The van der Waals surface area contributed by atoms with Gasteiger partial charge >= 0.3 is 0 Å². The van der Waals surface area contributed by atoms with Gasteiger partial charge in [-0.15, -0.1) is 6.58 Å². The summed E-state index contributed by atoms with van der Waals surface area (Å²) in [6, 6.07) is 0. The van der Waals surface area contributed by atoms with Gasteiger partial charge in [-0.05, 0) is 25.2 Å². The maximum Gasteiger partial charge on any atom is -0.00313 e. The number of hydrogen-bond donors (Lipinski definition) is 0. The van der Waals surface area contributed by atoms with Crippen LogP contribution in [-0.2, 0) is 0 Å². The van der Waals surface area contributed by atoms with Crippen molar-refractivity contribution in [1.29, 1.82) is 0 Å². The standard InChI is InChI=1S/C11H20/c1-5-8-9-10(4)11(6-2)7-3/h6,11H,2,4-5,7-9H2,1,3H3. The van der Waals surface area contributed by atoms with Crippen LogP contribution in [0.5, 0.6) is 0 Å². The van der Waals surface area contributed by atoms with Crippen LogP contribution in [0.25, 0.3) is 0 Å². The molecule has 0 heteroatoms. The van der Waals surface area contributed by atoms with E-state index >= 15 is 0 Å². The number of rotatable bonds is 6. The molecule has 0 aromatic carbocycles. The van der Waals surface area contributed by atoms with Gasteiger partial charge in [0.05, 0.1) is 0 Å². The van der Waals surface area contributed by atoms with Crippen LogP contribution in [0.15, 0.2) is 24.8 Å². The second-order valence-electron chi connectivity index (χ2n) is 3.01. The van der Waals surface area contributed by atoms with Crippen LogP contribution in [0.3, 0.4) is 0 Å². The molecule has 64 valence electrons. The highest BCUT2D eigenvalue weighted by molar-refractivity contribution is 5.06. The zero-order chi connectivity index (χ0) is 8.69. The highest BCUT2D eigenvalue weighted by atomic mass is 14.1. The van der Waals surface area contributed by atoms with Crippen LogP contribution in [0, 0.1) is 5.92 Å². The predicted molar refractivity (Wildman–Crippen MR) is 52.6 cm³/mol. The Morgan fingerprint density at radius 1 is 1.45 bits per heavy atom. The molecule has 0 aliphatic rings. The van der Waals surface area contributed by atoms with E-state index < -0.39 is 0 Å². The van der Waals surface area contributed by atoms with Gasteiger partial charge in [0.1, 0.15) is 0 Å². The van der Waals surface area contributed by atoms with Crippen LogP contribution < -0.4 is 0 Å². The first-order valence-electron chi connectivity index (χ1n) is 4.56. The van der Waals surface area contributed by atoms with Crippen molar-refractivity contribution in [3.63, 3.8) is 0 Å². The summed E-state index contributed by atoms with van der Waals surface area (Å²) in [7, 11) is 0. The maximum atomic E-state index is 4.06. The van der Waals surface area contributed by atoms with E-state index in [1.54, 1.807) is 0 Å². The van der Waals surface area contributed by atoms with Crippen LogP contribution in [-0.4, -0.2) is 0 Å². The third-order valence-electron chi connectivity index (χ3n) is 2.10. The van der Waals surface area contributed by atoms with E-state index in [0.29, 0.717) is 5.92 Å². The monoisotopic (exact) mass is 152 g/mol. The quantitative estimate of drug-likeness (QED) is 0.506. The van der Waals surface area contributed by atoms with Gasteiger partial charge in [0.15, 0.2) is 0 Å². The Bertz CT molecular complexity index is 122. The van der Waals surface area contributed by atoms with Crippen LogP contribution in [0.1, 0.15) is 39.5 Å². The first kappa shape index (κ1) is 10.5. The molecule has 0 aliphatic carbocycles. The molecule has 0 N–H and O–H groups in total. The zero-order valence-electron chi connectivity index (χ0n) is 7.90. The Balaban J connectivity index is 3.69. The molecule has 0 radical (unpaired) electrons. The molecule has 0 aromatic heterocycles. The summed E-state index contributed by atoms with van der Waals surface area (Å²) in [5, 5.41) is 0. The zero-order valence-corrected chi connectivity index (χ0v) is 7.90. The van der Waals surface area contributed by atoms with E-state index in [4.69, 9.17) is 0 Å². The summed E-state index contributed by atoms with van der Waals surface area (Å²) < 4.78 is 0. The van der Waals surface area contributed by atoms with Gasteiger partial charge in [0.25, 0.3) is 0 Å². The lowest BCUT2D eigenvalue weighted by Gasteiger charge is -2.12. The van der Waals surface area contributed by atoms with E-state index in [0.717, 1.165) is 6.42 Å². The lowest BCUT2D eigenvalue weighted by atomic mass is 9.94. The second-order valence-corrected chi connectivity index (χ2v) is 3.01. The lowest BCUT2D eigenvalue weighted by molar-refractivity contribution is 0.660. The molecular formula is C11H20. The summed E-state index contributed by atoms with van der Waals surface area (Å²) in [5.74, 6) is 0.543. The van der Waals surface area contributed by atoms with Crippen molar-refractivity contribution in [2.45, 2.75) is 39.5 Å². The third kappa shape index (κ3) is 4.02. The Hall–Kier alpha value is -0.520. The van der Waals surface area contributed by atoms with Gasteiger partial charge in [-0.1, -0.05) is 38.5 Å².